The third-order valence-electron chi connectivity index (χ3n) is 2.48. The van der Waals surface area contributed by atoms with E-state index in [1.165, 1.54) is 5.06 Å². The summed E-state index contributed by atoms with van der Waals surface area (Å²) in [6.07, 6.45) is -0.535. The number of carbonyl (C=O) groups is 1. The normalized spacial score (nSPS) is 19.4. The van der Waals surface area contributed by atoms with Crippen LogP contribution in [0.1, 0.15) is 5.56 Å². The molecule has 1 fully saturated rings. The van der Waals surface area contributed by atoms with E-state index in [1.54, 1.807) is 24.3 Å². The second-order valence-corrected chi connectivity index (χ2v) is 4.01. The molecule has 1 aliphatic rings. The van der Waals surface area contributed by atoms with Gasteiger partial charge in [-0.3, -0.25) is 9.63 Å². The van der Waals surface area contributed by atoms with Crippen LogP contribution in [0, 0.1) is 11.3 Å². The first-order chi connectivity index (χ1) is 8.67. The molecular formula is C12H13N3O3. The number of amides is 1. The van der Waals surface area contributed by atoms with Crippen LogP contribution in [0.2, 0.25) is 0 Å². The fraction of sp³-hybridized carbons (Fsp3) is 0.333. The largest absolute Gasteiger partial charge is 0.389 e. The molecule has 1 unspecified atom stereocenters. The van der Waals surface area contributed by atoms with Gasteiger partial charge in [-0.15, -0.1) is 0 Å². The summed E-state index contributed by atoms with van der Waals surface area (Å²) in [6.45, 7) is 0.627. The first-order valence-corrected chi connectivity index (χ1v) is 5.53. The molecule has 18 heavy (non-hydrogen) atoms. The van der Waals surface area contributed by atoms with E-state index in [-0.39, 0.29) is 19.1 Å². The quantitative estimate of drug-likeness (QED) is 0.791. The number of hydroxylamine groups is 2. The molecule has 6 nitrogen and oxygen atoms in total. The summed E-state index contributed by atoms with van der Waals surface area (Å²) in [7, 11) is 0. The highest BCUT2D eigenvalue weighted by Gasteiger charge is 2.23. The Balaban J connectivity index is 1.85. The molecule has 1 atom stereocenters. The predicted octanol–water partition coefficient (Wildman–Crippen LogP) is 0.105. The van der Waals surface area contributed by atoms with Crippen molar-refractivity contribution in [2.75, 3.05) is 25.0 Å². The van der Waals surface area contributed by atoms with Gasteiger partial charge in [0, 0.05) is 5.69 Å². The summed E-state index contributed by atoms with van der Waals surface area (Å²) in [5, 5.41) is 22.0. The summed E-state index contributed by atoms with van der Waals surface area (Å²) < 4.78 is 0. The number of β-amino-alcohol motifs (C(OH)–C–C–N with tert-alkyl or cyclic N) is 1. The van der Waals surface area contributed by atoms with Crippen LogP contribution in [0.15, 0.2) is 24.3 Å². The van der Waals surface area contributed by atoms with Crippen molar-refractivity contribution in [1.29, 1.82) is 5.26 Å². The zero-order valence-corrected chi connectivity index (χ0v) is 9.67. The Morgan fingerprint density at radius 3 is 2.83 bits per heavy atom. The van der Waals surface area contributed by atoms with Crippen LogP contribution in [-0.4, -0.2) is 41.9 Å². The Kier molecular flexibility index (Phi) is 3.89. The van der Waals surface area contributed by atoms with Crippen molar-refractivity contribution in [3.8, 4) is 6.07 Å². The van der Waals surface area contributed by atoms with Gasteiger partial charge in [-0.25, -0.2) is 0 Å². The summed E-state index contributed by atoms with van der Waals surface area (Å²) in [5.74, 6) is -0.228. The first-order valence-electron chi connectivity index (χ1n) is 5.53. The van der Waals surface area contributed by atoms with Crippen molar-refractivity contribution in [2.45, 2.75) is 6.10 Å². The fourth-order valence-electron chi connectivity index (χ4n) is 1.63. The molecular weight excluding hydrogens is 234 g/mol. The highest BCUT2D eigenvalue weighted by Crippen LogP contribution is 2.10. The van der Waals surface area contributed by atoms with Crippen LogP contribution in [0.4, 0.5) is 5.69 Å². The Labute approximate surface area is 104 Å². The second kappa shape index (κ2) is 5.60. The SMILES string of the molecule is N#Cc1ccc(NC(=O)CN2CC(O)CO2)cc1. The van der Waals surface area contributed by atoms with Gasteiger partial charge in [0.1, 0.15) is 6.54 Å². The van der Waals surface area contributed by atoms with Gasteiger partial charge in [0.25, 0.3) is 0 Å². The van der Waals surface area contributed by atoms with Crippen LogP contribution in [0.25, 0.3) is 0 Å². The fourth-order valence-corrected chi connectivity index (χ4v) is 1.63. The van der Waals surface area contributed by atoms with E-state index in [0.717, 1.165) is 0 Å². The molecule has 6 heteroatoms. The number of hydrogen-bond donors (Lipinski definition) is 2. The van der Waals surface area contributed by atoms with Crippen LogP contribution in [0.3, 0.4) is 0 Å². The molecule has 1 amide bonds. The topological polar surface area (TPSA) is 85.6 Å². The van der Waals surface area contributed by atoms with E-state index in [9.17, 15) is 9.90 Å². The first kappa shape index (κ1) is 12.5. The molecule has 0 saturated carbocycles. The molecule has 94 valence electrons. The summed E-state index contributed by atoms with van der Waals surface area (Å²) in [6, 6.07) is 8.59. The number of benzene rings is 1. The molecule has 1 aromatic carbocycles. The molecule has 1 heterocycles. The molecule has 0 aliphatic carbocycles. The van der Waals surface area contributed by atoms with Gasteiger partial charge in [-0.2, -0.15) is 10.3 Å². The lowest BCUT2D eigenvalue weighted by molar-refractivity contribution is -0.138. The third-order valence-corrected chi connectivity index (χ3v) is 2.48. The Hall–Kier alpha value is -1.94. The van der Waals surface area contributed by atoms with Gasteiger partial charge in [0.05, 0.1) is 30.9 Å². The molecule has 1 aliphatic heterocycles. The third kappa shape index (κ3) is 3.28. The van der Waals surface area contributed by atoms with Gasteiger partial charge in [-0.1, -0.05) is 0 Å². The number of carbonyl (C=O) groups excluding carboxylic acids is 1. The van der Waals surface area contributed by atoms with Gasteiger partial charge >= 0.3 is 0 Å². The minimum absolute atomic E-state index is 0.0665. The average Bonchev–Trinajstić information content (AvgIpc) is 2.75. The van der Waals surface area contributed by atoms with Gasteiger partial charge in [0.2, 0.25) is 5.91 Å². The van der Waals surface area contributed by atoms with Crippen LogP contribution < -0.4 is 5.32 Å². The van der Waals surface area contributed by atoms with E-state index in [0.29, 0.717) is 17.8 Å². The van der Waals surface area contributed by atoms with Crippen molar-refractivity contribution in [3.05, 3.63) is 29.8 Å². The number of aliphatic hydroxyl groups is 1. The number of nitriles is 1. The maximum absolute atomic E-state index is 11.7. The maximum Gasteiger partial charge on any atom is 0.240 e. The highest BCUT2D eigenvalue weighted by molar-refractivity contribution is 5.92. The van der Waals surface area contributed by atoms with E-state index >= 15 is 0 Å². The highest BCUT2D eigenvalue weighted by atomic mass is 16.7. The minimum Gasteiger partial charge on any atom is -0.389 e. The number of aliphatic hydroxyl groups excluding tert-OH is 1. The number of rotatable bonds is 3. The minimum atomic E-state index is -0.535. The monoisotopic (exact) mass is 247 g/mol. The van der Waals surface area contributed by atoms with Crippen molar-refractivity contribution in [3.63, 3.8) is 0 Å². The van der Waals surface area contributed by atoms with Crippen molar-refractivity contribution in [1.82, 2.24) is 5.06 Å². The Morgan fingerprint density at radius 1 is 1.56 bits per heavy atom. The summed E-state index contributed by atoms with van der Waals surface area (Å²) >= 11 is 0. The molecule has 2 N–H and O–H groups in total. The molecule has 1 aromatic rings. The maximum atomic E-state index is 11.7. The van der Waals surface area contributed by atoms with Crippen molar-refractivity contribution >= 4 is 11.6 Å². The molecule has 1 saturated heterocycles. The smallest absolute Gasteiger partial charge is 0.240 e. The van der Waals surface area contributed by atoms with Gasteiger partial charge in [0.15, 0.2) is 0 Å². The number of nitrogens with zero attached hydrogens (tertiary/aromatic N) is 2. The molecule has 0 aromatic heterocycles. The zero-order valence-electron chi connectivity index (χ0n) is 9.67. The number of hydrogen-bond acceptors (Lipinski definition) is 5. The molecule has 0 bridgehead atoms. The number of anilines is 1. The van der Waals surface area contributed by atoms with E-state index < -0.39 is 6.10 Å². The lowest BCUT2D eigenvalue weighted by atomic mass is 10.2. The molecule has 0 radical (unpaired) electrons. The zero-order chi connectivity index (χ0) is 13.0. The summed E-state index contributed by atoms with van der Waals surface area (Å²) in [5.41, 5.74) is 1.16. The van der Waals surface area contributed by atoms with Crippen molar-refractivity contribution < 1.29 is 14.7 Å². The predicted molar refractivity (Wildman–Crippen MR) is 63.3 cm³/mol. The van der Waals surface area contributed by atoms with Gasteiger partial charge in [-0.05, 0) is 24.3 Å². The van der Waals surface area contributed by atoms with Gasteiger partial charge < -0.3 is 10.4 Å². The Bertz CT molecular complexity index is 466. The Morgan fingerprint density at radius 2 is 2.28 bits per heavy atom. The lowest BCUT2D eigenvalue weighted by Crippen LogP contribution is -2.31. The standard InChI is InChI=1S/C12H13N3O3/c13-5-9-1-3-10(4-2-9)14-12(17)7-15-6-11(16)8-18-15/h1-4,11,16H,6-8H2,(H,14,17). The van der Waals surface area contributed by atoms with E-state index in [4.69, 9.17) is 10.1 Å². The van der Waals surface area contributed by atoms with E-state index in [2.05, 4.69) is 5.32 Å². The lowest BCUT2D eigenvalue weighted by Gasteiger charge is -2.13. The van der Waals surface area contributed by atoms with Crippen molar-refractivity contribution in [2.24, 2.45) is 0 Å². The summed E-state index contributed by atoms with van der Waals surface area (Å²) in [4.78, 5) is 16.7. The number of nitrogens with one attached hydrogen (secondary N) is 1. The molecule has 0 spiro atoms. The van der Waals surface area contributed by atoms with Crippen LogP contribution in [0.5, 0.6) is 0 Å². The van der Waals surface area contributed by atoms with E-state index in [1.807, 2.05) is 6.07 Å². The average molecular weight is 247 g/mol. The van der Waals surface area contributed by atoms with Crippen LogP contribution in [-0.2, 0) is 9.63 Å². The second-order valence-electron chi connectivity index (χ2n) is 4.01. The van der Waals surface area contributed by atoms with Crippen LogP contribution >= 0.6 is 0 Å². The molecule has 2 rings (SSSR count).